The van der Waals surface area contributed by atoms with Gasteiger partial charge in [0.15, 0.2) is 0 Å². The Hall–Kier alpha value is -1.49. The van der Waals surface area contributed by atoms with Crippen LogP contribution >= 0.6 is 11.6 Å². The molecule has 1 amide bonds. The largest absolute Gasteiger partial charge is 0.481 e. The first kappa shape index (κ1) is 16.6. The summed E-state index contributed by atoms with van der Waals surface area (Å²) >= 11 is 6.16. The third-order valence-corrected chi connectivity index (χ3v) is 3.72. The lowest BCUT2D eigenvalue weighted by molar-refractivity contribution is -0.148. The summed E-state index contributed by atoms with van der Waals surface area (Å²) in [6, 6.07) is 0. The predicted octanol–water partition coefficient (Wildman–Crippen LogP) is 2.91. The zero-order valence-corrected chi connectivity index (χ0v) is 12.8. The summed E-state index contributed by atoms with van der Waals surface area (Å²) in [6.45, 7) is 7.02. The van der Waals surface area contributed by atoms with Gasteiger partial charge in [-0.15, -0.1) is 11.6 Å². The van der Waals surface area contributed by atoms with Crippen LogP contribution in [0.2, 0.25) is 0 Å². The molecule has 1 aliphatic carbocycles. The Morgan fingerprint density at radius 3 is 2.45 bits per heavy atom. The molecule has 0 radical (unpaired) electrons. The Labute approximate surface area is 123 Å². The fourth-order valence-electron chi connectivity index (χ4n) is 2.08. The highest BCUT2D eigenvalue weighted by Crippen LogP contribution is 2.41. The quantitative estimate of drug-likeness (QED) is 0.783. The molecule has 0 fully saturated rings. The molecule has 0 bridgehead atoms. The Kier molecular flexibility index (Phi) is 5.22. The maximum absolute atomic E-state index is 11.6. The Bertz CT molecular complexity index is 456. The second kappa shape index (κ2) is 6.31. The summed E-state index contributed by atoms with van der Waals surface area (Å²) in [7, 11) is 0. The Morgan fingerprint density at radius 2 is 2.00 bits per heavy atom. The van der Waals surface area contributed by atoms with Gasteiger partial charge in [0.05, 0.1) is 11.5 Å². The van der Waals surface area contributed by atoms with E-state index in [1.54, 1.807) is 39.8 Å². The van der Waals surface area contributed by atoms with E-state index in [1.165, 1.54) is 6.08 Å². The van der Waals surface area contributed by atoms with Crippen molar-refractivity contribution >= 4 is 23.7 Å². The number of nitrogens with one attached hydrogen (secondary N) is 1. The van der Waals surface area contributed by atoms with Crippen LogP contribution in [0.5, 0.6) is 0 Å². The lowest BCUT2D eigenvalue weighted by atomic mass is 9.71. The van der Waals surface area contributed by atoms with E-state index in [4.69, 9.17) is 16.3 Å². The van der Waals surface area contributed by atoms with Crippen LogP contribution in [-0.2, 0) is 9.53 Å². The number of rotatable bonds is 4. The summed E-state index contributed by atoms with van der Waals surface area (Å²) in [4.78, 5) is 23.2. The van der Waals surface area contributed by atoms with Gasteiger partial charge in [0.2, 0.25) is 0 Å². The fourth-order valence-corrected chi connectivity index (χ4v) is 2.56. The number of alkyl halides is 1. The molecule has 112 valence electrons. The van der Waals surface area contributed by atoms with Gasteiger partial charge in [-0.1, -0.05) is 19.9 Å². The molecule has 0 aromatic heterocycles. The van der Waals surface area contributed by atoms with E-state index in [1.807, 2.05) is 0 Å². The maximum atomic E-state index is 11.6. The van der Waals surface area contributed by atoms with Crippen molar-refractivity contribution in [2.45, 2.75) is 39.2 Å². The standard InChI is InChI=1S/C14H20ClNO4/c1-8(2)14(12(17)18)7-10(5-6-11(14)15)16-13(19)20-9(3)4/h5-9,11H,1-4H3,(H,16,19)(H,17,18). The number of allylic oxidation sites excluding steroid dienone is 2. The number of halogens is 1. The number of carbonyl (C=O) groups is 2. The second-order valence-corrected chi connectivity index (χ2v) is 5.80. The van der Waals surface area contributed by atoms with Crippen molar-refractivity contribution < 1.29 is 19.4 Å². The van der Waals surface area contributed by atoms with E-state index in [-0.39, 0.29) is 12.0 Å². The Balaban J connectivity index is 3.01. The summed E-state index contributed by atoms with van der Waals surface area (Å²) in [5.74, 6) is -1.25. The highest BCUT2D eigenvalue weighted by Gasteiger charge is 2.47. The van der Waals surface area contributed by atoms with Gasteiger partial charge in [-0.05, 0) is 31.9 Å². The highest BCUT2D eigenvalue weighted by molar-refractivity contribution is 6.24. The first-order chi connectivity index (χ1) is 9.20. The lowest BCUT2D eigenvalue weighted by Gasteiger charge is -2.36. The highest BCUT2D eigenvalue weighted by atomic mass is 35.5. The van der Waals surface area contributed by atoms with Gasteiger partial charge in [-0.2, -0.15) is 0 Å². The molecule has 2 unspecified atom stereocenters. The van der Waals surface area contributed by atoms with Gasteiger partial charge in [-0.3, -0.25) is 10.1 Å². The third-order valence-electron chi connectivity index (χ3n) is 3.21. The zero-order valence-electron chi connectivity index (χ0n) is 12.0. The number of aliphatic carboxylic acids is 1. The van der Waals surface area contributed by atoms with Crippen LogP contribution in [-0.4, -0.2) is 28.7 Å². The molecule has 0 aromatic rings. The molecule has 0 saturated carbocycles. The molecule has 5 nitrogen and oxygen atoms in total. The molecule has 20 heavy (non-hydrogen) atoms. The number of hydrogen-bond acceptors (Lipinski definition) is 3. The third kappa shape index (κ3) is 3.33. The smallest absolute Gasteiger partial charge is 0.411 e. The molecule has 2 N–H and O–H groups in total. The van der Waals surface area contributed by atoms with E-state index in [0.29, 0.717) is 5.70 Å². The first-order valence-electron chi connectivity index (χ1n) is 6.46. The fraction of sp³-hybridized carbons (Fsp3) is 0.571. The minimum atomic E-state index is -1.25. The molecule has 6 heteroatoms. The molecule has 2 atom stereocenters. The minimum absolute atomic E-state index is 0.231. The average molecular weight is 302 g/mol. The number of amides is 1. The van der Waals surface area contributed by atoms with Crippen LogP contribution in [0.25, 0.3) is 0 Å². The SMILES string of the molecule is CC(C)OC(=O)NC1=CC(C(=O)O)(C(C)C)C(Cl)C=C1. The average Bonchev–Trinajstić information content (AvgIpc) is 2.29. The van der Waals surface area contributed by atoms with Crippen molar-refractivity contribution in [2.75, 3.05) is 0 Å². The molecule has 0 aliphatic heterocycles. The van der Waals surface area contributed by atoms with Crippen LogP contribution < -0.4 is 5.32 Å². The minimum Gasteiger partial charge on any atom is -0.481 e. The van der Waals surface area contributed by atoms with Gasteiger partial charge < -0.3 is 9.84 Å². The maximum Gasteiger partial charge on any atom is 0.411 e. The van der Waals surface area contributed by atoms with Crippen LogP contribution in [0, 0.1) is 11.3 Å². The van der Waals surface area contributed by atoms with E-state index in [0.717, 1.165) is 0 Å². The molecule has 0 spiro atoms. The number of alkyl carbamates (subject to hydrolysis) is 1. The Morgan fingerprint density at radius 1 is 1.40 bits per heavy atom. The predicted molar refractivity (Wildman–Crippen MR) is 76.5 cm³/mol. The van der Waals surface area contributed by atoms with E-state index in [2.05, 4.69) is 5.32 Å². The van der Waals surface area contributed by atoms with Crippen molar-refractivity contribution in [3.05, 3.63) is 23.9 Å². The molecule has 0 aromatic carbocycles. The van der Waals surface area contributed by atoms with Crippen molar-refractivity contribution in [3.8, 4) is 0 Å². The van der Waals surface area contributed by atoms with Crippen molar-refractivity contribution in [3.63, 3.8) is 0 Å². The van der Waals surface area contributed by atoms with Gasteiger partial charge in [0, 0.05) is 5.70 Å². The van der Waals surface area contributed by atoms with Crippen molar-refractivity contribution in [1.29, 1.82) is 0 Å². The van der Waals surface area contributed by atoms with Gasteiger partial charge >= 0.3 is 12.1 Å². The number of hydrogen-bond donors (Lipinski definition) is 2. The van der Waals surface area contributed by atoms with E-state index in [9.17, 15) is 14.7 Å². The summed E-state index contributed by atoms with van der Waals surface area (Å²) in [5, 5.41) is 11.4. The monoisotopic (exact) mass is 301 g/mol. The van der Waals surface area contributed by atoms with E-state index < -0.39 is 22.9 Å². The number of carbonyl (C=O) groups excluding carboxylic acids is 1. The molecule has 1 aliphatic rings. The van der Waals surface area contributed by atoms with E-state index >= 15 is 0 Å². The van der Waals surface area contributed by atoms with Crippen LogP contribution in [0.4, 0.5) is 4.79 Å². The zero-order chi connectivity index (χ0) is 15.5. The lowest BCUT2D eigenvalue weighted by Crippen LogP contribution is -2.44. The molecular weight excluding hydrogens is 282 g/mol. The number of ether oxygens (including phenoxy) is 1. The van der Waals surface area contributed by atoms with Gasteiger partial charge in [-0.25, -0.2) is 4.79 Å². The number of carboxylic acids is 1. The van der Waals surface area contributed by atoms with Crippen LogP contribution in [0.15, 0.2) is 23.9 Å². The topological polar surface area (TPSA) is 75.6 Å². The second-order valence-electron chi connectivity index (χ2n) is 5.33. The molecular formula is C14H20ClNO4. The molecule has 1 rings (SSSR count). The normalized spacial score (nSPS) is 25.6. The number of carboxylic acid groups (broad SMARTS) is 1. The van der Waals surface area contributed by atoms with Gasteiger partial charge in [0.1, 0.15) is 5.41 Å². The van der Waals surface area contributed by atoms with Crippen molar-refractivity contribution in [2.24, 2.45) is 11.3 Å². The first-order valence-corrected chi connectivity index (χ1v) is 6.90. The summed E-state index contributed by atoms with van der Waals surface area (Å²) < 4.78 is 4.96. The van der Waals surface area contributed by atoms with Crippen LogP contribution in [0.1, 0.15) is 27.7 Å². The van der Waals surface area contributed by atoms with Crippen LogP contribution in [0.3, 0.4) is 0 Å². The van der Waals surface area contributed by atoms with Crippen molar-refractivity contribution in [1.82, 2.24) is 5.32 Å². The van der Waals surface area contributed by atoms with Gasteiger partial charge in [0.25, 0.3) is 0 Å². The molecule has 0 saturated heterocycles. The summed E-state index contributed by atoms with van der Waals surface area (Å²) in [5.41, 5.74) is -0.875. The summed E-state index contributed by atoms with van der Waals surface area (Å²) in [6.07, 6.45) is 3.77. The molecule has 0 heterocycles.